The predicted molar refractivity (Wildman–Crippen MR) is 119 cm³/mol. The Morgan fingerprint density at radius 3 is 2.52 bits per heavy atom. The number of hydrogen-bond donors (Lipinski definition) is 2. The van der Waals surface area contributed by atoms with Crippen molar-refractivity contribution in [3.63, 3.8) is 0 Å². The van der Waals surface area contributed by atoms with Crippen LogP contribution in [0.15, 0.2) is 66.9 Å². The van der Waals surface area contributed by atoms with Crippen LogP contribution >= 0.6 is 0 Å². The molecule has 1 aromatic heterocycles. The fourth-order valence-electron chi connectivity index (χ4n) is 3.04. The van der Waals surface area contributed by atoms with Crippen LogP contribution in [-0.2, 0) is 0 Å². The maximum Gasteiger partial charge on any atom is 0.223 e. The van der Waals surface area contributed by atoms with E-state index in [0.717, 1.165) is 30.0 Å². The second-order valence-electron chi connectivity index (χ2n) is 8.08. The molecule has 5 heteroatoms. The van der Waals surface area contributed by atoms with Crippen molar-refractivity contribution >= 4 is 5.95 Å². The second-order valence-corrected chi connectivity index (χ2v) is 8.08. The Kier molecular flexibility index (Phi) is 6.83. The minimum absolute atomic E-state index is 0.0117. The summed E-state index contributed by atoms with van der Waals surface area (Å²) in [6.07, 6.45) is 2.66. The molecule has 2 N–H and O–H groups in total. The van der Waals surface area contributed by atoms with Crippen molar-refractivity contribution in [3.05, 3.63) is 72.4 Å². The van der Waals surface area contributed by atoms with Crippen LogP contribution in [0.2, 0.25) is 0 Å². The summed E-state index contributed by atoms with van der Waals surface area (Å²) >= 11 is 0. The lowest BCUT2D eigenvalue weighted by Gasteiger charge is -2.21. The van der Waals surface area contributed by atoms with Crippen LogP contribution in [0.3, 0.4) is 0 Å². The number of anilines is 1. The highest BCUT2D eigenvalue weighted by molar-refractivity contribution is 5.62. The van der Waals surface area contributed by atoms with Gasteiger partial charge in [-0.1, -0.05) is 42.5 Å². The summed E-state index contributed by atoms with van der Waals surface area (Å²) in [5.41, 5.74) is 2.94. The van der Waals surface area contributed by atoms with Gasteiger partial charge in [-0.15, -0.1) is 0 Å². The first kappa shape index (κ1) is 20.8. The molecule has 152 valence electrons. The third-order valence-electron chi connectivity index (χ3n) is 4.38. The SMILES string of the molecule is CNCC[C@H](Oc1cccc(-c2ccnc(NC(C)(C)C)n2)c1)c1ccccc1. The second kappa shape index (κ2) is 9.52. The quantitative estimate of drug-likeness (QED) is 0.561. The Hall–Kier alpha value is -2.92. The average molecular weight is 391 g/mol. The molecular weight excluding hydrogens is 360 g/mol. The van der Waals surface area contributed by atoms with Crippen molar-refractivity contribution in [2.24, 2.45) is 0 Å². The molecule has 5 nitrogen and oxygen atoms in total. The summed E-state index contributed by atoms with van der Waals surface area (Å²) < 4.78 is 6.38. The van der Waals surface area contributed by atoms with E-state index in [4.69, 9.17) is 4.74 Å². The molecule has 0 bridgehead atoms. The number of nitrogens with one attached hydrogen (secondary N) is 2. The smallest absolute Gasteiger partial charge is 0.223 e. The molecule has 3 rings (SSSR count). The van der Waals surface area contributed by atoms with E-state index in [0.29, 0.717) is 5.95 Å². The van der Waals surface area contributed by atoms with Crippen molar-refractivity contribution in [2.75, 3.05) is 18.9 Å². The van der Waals surface area contributed by atoms with Crippen LogP contribution < -0.4 is 15.4 Å². The molecule has 1 heterocycles. The van der Waals surface area contributed by atoms with Crippen molar-refractivity contribution in [1.29, 1.82) is 0 Å². The molecule has 0 aliphatic carbocycles. The van der Waals surface area contributed by atoms with E-state index in [1.165, 1.54) is 5.56 Å². The van der Waals surface area contributed by atoms with E-state index in [2.05, 4.69) is 53.5 Å². The zero-order chi connectivity index (χ0) is 20.7. The van der Waals surface area contributed by atoms with Gasteiger partial charge in [-0.25, -0.2) is 9.97 Å². The number of aromatic nitrogens is 2. The normalized spacial score (nSPS) is 12.4. The van der Waals surface area contributed by atoms with Gasteiger partial charge in [0.25, 0.3) is 0 Å². The van der Waals surface area contributed by atoms with Gasteiger partial charge in [0, 0.05) is 23.7 Å². The van der Waals surface area contributed by atoms with Crippen molar-refractivity contribution in [1.82, 2.24) is 15.3 Å². The van der Waals surface area contributed by atoms with Gasteiger partial charge in [-0.3, -0.25) is 0 Å². The van der Waals surface area contributed by atoms with Gasteiger partial charge in [-0.2, -0.15) is 0 Å². The molecule has 0 unspecified atom stereocenters. The summed E-state index contributed by atoms with van der Waals surface area (Å²) in [6, 6.07) is 20.3. The standard InChI is InChI=1S/C24H30N4O/c1-24(2,3)28-23-26-16-13-21(27-23)19-11-8-12-20(17-19)29-22(14-15-25-4)18-9-6-5-7-10-18/h5-13,16-17,22,25H,14-15H2,1-4H3,(H,26,27,28)/t22-/m0/s1. The van der Waals surface area contributed by atoms with Crippen LogP contribution in [-0.4, -0.2) is 29.1 Å². The van der Waals surface area contributed by atoms with Crippen LogP contribution in [0, 0.1) is 0 Å². The van der Waals surface area contributed by atoms with Crippen molar-refractivity contribution in [3.8, 4) is 17.0 Å². The topological polar surface area (TPSA) is 59.1 Å². The molecule has 0 aliphatic rings. The Labute approximate surface area is 173 Å². The predicted octanol–water partition coefficient (Wildman–Crippen LogP) is 5.08. The van der Waals surface area contributed by atoms with Crippen LogP contribution in [0.4, 0.5) is 5.95 Å². The van der Waals surface area contributed by atoms with E-state index in [1.54, 1.807) is 6.20 Å². The maximum absolute atomic E-state index is 6.38. The summed E-state index contributed by atoms with van der Waals surface area (Å²) in [6.45, 7) is 7.15. The molecule has 0 saturated heterocycles. The Morgan fingerprint density at radius 2 is 1.79 bits per heavy atom. The first-order chi connectivity index (χ1) is 13.9. The molecule has 0 radical (unpaired) electrons. The molecule has 0 fully saturated rings. The zero-order valence-corrected chi connectivity index (χ0v) is 17.6. The number of nitrogens with zero attached hydrogens (tertiary/aromatic N) is 2. The van der Waals surface area contributed by atoms with E-state index in [9.17, 15) is 0 Å². The Balaban J connectivity index is 1.82. The van der Waals surface area contributed by atoms with E-state index >= 15 is 0 Å². The lowest BCUT2D eigenvalue weighted by Crippen LogP contribution is -2.27. The minimum atomic E-state index is -0.0974. The molecule has 3 aromatic rings. The molecule has 0 spiro atoms. The van der Waals surface area contributed by atoms with Crippen LogP contribution in [0.25, 0.3) is 11.3 Å². The Morgan fingerprint density at radius 1 is 1.00 bits per heavy atom. The fraction of sp³-hybridized carbons (Fsp3) is 0.333. The molecule has 1 atom stereocenters. The molecule has 0 saturated carbocycles. The third-order valence-corrected chi connectivity index (χ3v) is 4.38. The number of benzene rings is 2. The molecule has 29 heavy (non-hydrogen) atoms. The van der Waals surface area contributed by atoms with Gasteiger partial charge in [0.2, 0.25) is 5.95 Å². The molecule has 0 amide bonds. The highest BCUT2D eigenvalue weighted by Gasteiger charge is 2.14. The van der Waals surface area contributed by atoms with Gasteiger partial charge >= 0.3 is 0 Å². The van der Waals surface area contributed by atoms with E-state index < -0.39 is 0 Å². The molecule has 2 aromatic carbocycles. The lowest BCUT2D eigenvalue weighted by atomic mass is 10.1. The molecule has 0 aliphatic heterocycles. The lowest BCUT2D eigenvalue weighted by molar-refractivity contribution is 0.195. The third kappa shape index (κ3) is 6.29. The van der Waals surface area contributed by atoms with Crippen LogP contribution in [0.5, 0.6) is 5.75 Å². The summed E-state index contributed by atoms with van der Waals surface area (Å²) in [5, 5.41) is 6.53. The molecular formula is C24H30N4O. The summed E-state index contributed by atoms with van der Waals surface area (Å²) in [7, 11) is 1.96. The van der Waals surface area contributed by atoms with Crippen molar-refractivity contribution in [2.45, 2.75) is 38.8 Å². The number of hydrogen-bond acceptors (Lipinski definition) is 5. The summed E-state index contributed by atoms with van der Waals surface area (Å²) in [4.78, 5) is 9.00. The minimum Gasteiger partial charge on any atom is -0.486 e. The number of rotatable bonds is 8. The number of ether oxygens (including phenoxy) is 1. The monoisotopic (exact) mass is 390 g/mol. The van der Waals surface area contributed by atoms with Crippen LogP contribution in [0.1, 0.15) is 38.9 Å². The van der Waals surface area contributed by atoms with Crippen molar-refractivity contribution < 1.29 is 4.74 Å². The first-order valence-corrected chi connectivity index (χ1v) is 10.0. The van der Waals surface area contributed by atoms with Gasteiger partial charge in [-0.05, 0) is 58.1 Å². The zero-order valence-electron chi connectivity index (χ0n) is 17.6. The maximum atomic E-state index is 6.38. The van der Waals surface area contributed by atoms with Gasteiger partial charge in [0.15, 0.2) is 0 Å². The van der Waals surface area contributed by atoms with Gasteiger partial charge in [0.1, 0.15) is 11.9 Å². The van der Waals surface area contributed by atoms with E-state index in [-0.39, 0.29) is 11.6 Å². The largest absolute Gasteiger partial charge is 0.486 e. The fourth-order valence-corrected chi connectivity index (χ4v) is 3.04. The van der Waals surface area contributed by atoms with E-state index in [1.807, 2.05) is 55.6 Å². The highest BCUT2D eigenvalue weighted by Crippen LogP contribution is 2.28. The first-order valence-electron chi connectivity index (χ1n) is 10.0. The van der Waals surface area contributed by atoms with Gasteiger partial charge in [0.05, 0.1) is 5.69 Å². The highest BCUT2D eigenvalue weighted by atomic mass is 16.5. The summed E-state index contributed by atoms with van der Waals surface area (Å²) in [5.74, 6) is 1.45. The van der Waals surface area contributed by atoms with Gasteiger partial charge < -0.3 is 15.4 Å². The Bertz CT molecular complexity index is 906. The average Bonchev–Trinajstić information content (AvgIpc) is 2.71.